The Morgan fingerprint density at radius 3 is 2.00 bits per heavy atom. The summed E-state index contributed by atoms with van der Waals surface area (Å²) >= 11 is 0. The molecule has 7 nitrogen and oxygen atoms in total. The first-order chi connectivity index (χ1) is 18.8. The third kappa shape index (κ3) is 9.00. The molecule has 0 aliphatic rings. The van der Waals surface area contributed by atoms with Crippen LogP contribution < -0.4 is 16.8 Å². The second-order valence-electron chi connectivity index (χ2n) is 10.3. The highest BCUT2D eigenvalue weighted by Crippen LogP contribution is 2.27. The second-order valence-corrected chi connectivity index (χ2v) is 11.7. The maximum atomic E-state index is 13.4. The van der Waals surface area contributed by atoms with Crippen LogP contribution in [0.2, 0.25) is 0 Å². The van der Waals surface area contributed by atoms with Crippen LogP contribution in [-0.2, 0) is 15.8 Å². The van der Waals surface area contributed by atoms with E-state index in [9.17, 15) is 14.1 Å². The number of aliphatic hydroxyl groups excluding tert-OH is 1. The number of unbranched alkanes of at least 4 members (excludes halogenated alkanes) is 1. The fourth-order valence-electron chi connectivity index (χ4n) is 4.67. The van der Waals surface area contributed by atoms with Gasteiger partial charge in [-0.15, -0.1) is 0 Å². The van der Waals surface area contributed by atoms with Crippen LogP contribution in [0.15, 0.2) is 89.8 Å². The molecule has 1 amide bonds. The fourth-order valence-corrected chi connectivity index (χ4v) is 6.19. The molecule has 0 radical (unpaired) electrons. The summed E-state index contributed by atoms with van der Waals surface area (Å²) in [4.78, 5) is 13.7. The zero-order valence-corrected chi connectivity index (χ0v) is 23.7. The molecule has 0 aromatic heterocycles. The highest BCUT2D eigenvalue weighted by atomic mass is 32.2. The maximum absolute atomic E-state index is 13.4. The van der Waals surface area contributed by atoms with E-state index in [1.807, 2.05) is 65.0 Å². The first-order valence-corrected chi connectivity index (χ1v) is 14.7. The van der Waals surface area contributed by atoms with Gasteiger partial charge in [0, 0.05) is 30.7 Å². The zero-order chi connectivity index (χ0) is 28.2. The molecule has 6 N–H and O–H groups in total. The van der Waals surface area contributed by atoms with Gasteiger partial charge in [0.15, 0.2) is 0 Å². The van der Waals surface area contributed by atoms with Gasteiger partial charge >= 0.3 is 0 Å². The molecule has 8 heteroatoms. The number of hydrogen-bond donors (Lipinski definition) is 4. The molecule has 0 heterocycles. The first kappa shape index (κ1) is 30.5. The first-order valence-electron chi connectivity index (χ1n) is 13.6. The third-order valence-corrected chi connectivity index (χ3v) is 8.25. The minimum absolute atomic E-state index is 0.0967. The standard InChI is InChI=1S/C31H42N4O3S/c1-23(2)21-35(39(38)28-18-16-26(32)17-19-28)27(22-36)15-9-10-20-34-31(37)30(33)29(24-11-5-3-6-12-24)25-13-7-4-8-14-25/h3-8,11-14,16-19,23,27,29-30,36H,9-10,15,20-22,32-33H2,1-2H3,(H,34,37)/t27?,30-,39?/m0/s1. The quantitative estimate of drug-likeness (QED) is 0.168. The summed E-state index contributed by atoms with van der Waals surface area (Å²) in [7, 11) is -1.41. The Morgan fingerprint density at radius 2 is 1.49 bits per heavy atom. The Morgan fingerprint density at radius 1 is 0.923 bits per heavy atom. The van der Waals surface area contributed by atoms with E-state index in [1.165, 1.54) is 0 Å². The average molecular weight is 551 g/mol. The molecular weight excluding hydrogens is 508 g/mol. The van der Waals surface area contributed by atoms with Crippen molar-refractivity contribution < 1.29 is 14.1 Å². The number of nitrogen functional groups attached to an aromatic ring is 1. The summed E-state index contributed by atoms with van der Waals surface area (Å²) < 4.78 is 15.2. The third-order valence-electron chi connectivity index (χ3n) is 6.70. The van der Waals surface area contributed by atoms with E-state index in [4.69, 9.17) is 11.5 Å². The van der Waals surface area contributed by atoms with Gasteiger partial charge in [-0.3, -0.25) is 4.79 Å². The van der Waals surface area contributed by atoms with Crippen LogP contribution in [0.3, 0.4) is 0 Å². The monoisotopic (exact) mass is 550 g/mol. The number of nitrogens with one attached hydrogen (secondary N) is 1. The number of nitrogens with two attached hydrogens (primary N) is 2. The molecule has 0 bridgehead atoms. The molecule has 210 valence electrons. The van der Waals surface area contributed by atoms with Crippen molar-refractivity contribution in [3.05, 3.63) is 96.1 Å². The zero-order valence-electron chi connectivity index (χ0n) is 22.9. The van der Waals surface area contributed by atoms with Crippen LogP contribution in [0, 0.1) is 5.92 Å². The minimum Gasteiger partial charge on any atom is -0.399 e. The number of aliphatic hydroxyl groups is 1. The largest absolute Gasteiger partial charge is 0.399 e. The summed E-state index contributed by atoms with van der Waals surface area (Å²) in [5.74, 6) is -0.170. The lowest BCUT2D eigenvalue weighted by molar-refractivity contribution is -0.122. The molecule has 3 rings (SSSR count). The van der Waals surface area contributed by atoms with Crippen molar-refractivity contribution in [2.24, 2.45) is 11.7 Å². The van der Waals surface area contributed by atoms with Gasteiger partial charge in [0.05, 0.1) is 17.5 Å². The van der Waals surface area contributed by atoms with Crippen molar-refractivity contribution >= 4 is 22.6 Å². The van der Waals surface area contributed by atoms with E-state index in [0.717, 1.165) is 24.0 Å². The van der Waals surface area contributed by atoms with Crippen molar-refractivity contribution in [2.45, 2.75) is 56.0 Å². The van der Waals surface area contributed by atoms with E-state index < -0.39 is 17.0 Å². The van der Waals surface area contributed by atoms with Gasteiger partial charge in [-0.2, -0.15) is 0 Å². The molecular formula is C31H42N4O3S. The summed E-state index contributed by atoms with van der Waals surface area (Å²) in [5, 5.41) is 13.2. The molecule has 0 saturated heterocycles. The van der Waals surface area contributed by atoms with Crippen LogP contribution in [0.1, 0.15) is 50.2 Å². The normalized spacial score (nSPS) is 13.9. The Balaban J connectivity index is 1.56. The Hall–Kier alpha value is -3.04. The predicted octanol–water partition coefficient (Wildman–Crippen LogP) is 4.06. The van der Waals surface area contributed by atoms with E-state index >= 15 is 0 Å². The summed E-state index contributed by atoms with van der Waals surface area (Å²) in [5.41, 5.74) is 14.9. The number of carbonyl (C=O) groups is 1. The number of benzene rings is 3. The second kappa shape index (κ2) is 15.5. The minimum atomic E-state index is -1.41. The number of amides is 1. The van der Waals surface area contributed by atoms with Crippen molar-refractivity contribution in [2.75, 3.05) is 25.4 Å². The average Bonchev–Trinajstić information content (AvgIpc) is 2.95. The van der Waals surface area contributed by atoms with Gasteiger partial charge in [-0.25, -0.2) is 8.51 Å². The van der Waals surface area contributed by atoms with E-state index in [2.05, 4.69) is 19.2 Å². The molecule has 0 aliphatic heterocycles. The molecule has 0 aliphatic carbocycles. The number of hydrogen-bond acceptors (Lipinski definition) is 5. The Bertz CT molecular complexity index is 1120. The summed E-state index contributed by atoms with van der Waals surface area (Å²) in [6.07, 6.45) is 2.14. The van der Waals surface area contributed by atoms with Crippen molar-refractivity contribution in [3.8, 4) is 0 Å². The van der Waals surface area contributed by atoms with Gasteiger partial charge in [-0.1, -0.05) is 80.9 Å². The van der Waals surface area contributed by atoms with Crippen molar-refractivity contribution in [1.29, 1.82) is 0 Å². The molecule has 0 spiro atoms. The highest BCUT2D eigenvalue weighted by molar-refractivity contribution is 7.82. The van der Waals surface area contributed by atoms with Crippen LogP contribution in [-0.4, -0.2) is 51.3 Å². The van der Waals surface area contributed by atoms with Gasteiger partial charge in [0.1, 0.15) is 11.0 Å². The molecule has 3 aromatic carbocycles. The van der Waals surface area contributed by atoms with Gasteiger partial charge in [0.2, 0.25) is 5.91 Å². The van der Waals surface area contributed by atoms with Gasteiger partial charge in [0.25, 0.3) is 0 Å². The van der Waals surface area contributed by atoms with Gasteiger partial charge in [-0.05, 0) is 54.2 Å². The number of anilines is 1. The van der Waals surface area contributed by atoms with E-state index in [0.29, 0.717) is 30.1 Å². The van der Waals surface area contributed by atoms with Crippen LogP contribution in [0.25, 0.3) is 0 Å². The fraction of sp³-hybridized carbons (Fsp3) is 0.387. The van der Waals surface area contributed by atoms with E-state index in [1.54, 1.807) is 24.3 Å². The molecule has 3 atom stereocenters. The highest BCUT2D eigenvalue weighted by Gasteiger charge is 2.28. The van der Waals surface area contributed by atoms with Crippen molar-refractivity contribution in [1.82, 2.24) is 9.62 Å². The lowest BCUT2D eigenvalue weighted by Gasteiger charge is -2.30. The molecule has 0 fully saturated rings. The summed E-state index contributed by atoms with van der Waals surface area (Å²) in [6, 6.07) is 25.7. The van der Waals surface area contributed by atoms with Crippen LogP contribution in [0.4, 0.5) is 5.69 Å². The molecule has 2 unspecified atom stereocenters. The molecule has 3 aromatic rings. The lowest BCUT2D eigenvalue weighted by atomic mass is 9.85. The van der Waals surface area contributed by atoms with E-state index in [-0.39, 0.29) is 30.4 Å². The predicted molar refractivity (Wildman–Crippen MR) is 159 cm³/mol. The number of rotatable bonds is 15. The smallest absolute Gasteiger partial charge is 0.237 e. The Labute approximate surface area is 235 Å². The van der Waals surface area contributed by atoms with Crippen molar-refractivity contribution in [3.63, 3.8) is 0 Å². The van der Waals surface area contributed by atoms with Crippen LogP contribution in [0.5, 0.6) is 0 Å². The topological polar surface area (TPSA) is 122 Å². The Kier molecular flexibility index (Phi) is 12.1. The SMILES string of the molecule is CC(C)CN(C(CO)CCCCNC(=O)[C@@H](N)C(c1ccccc1)c1ccccc1)S(=O)c1ccc(N)cc1. The number of carbonyl (C=O) groups excluding carboxylic acids is 1. The molecule has 0 saturated carbocycles. The molecule has 39 heavy (non-hydrogen) atoms. The maximum Gasteiger partial charge on any atom is 0.237 e. The number of nitrogens with zero attached hydrogens (tertiary/aromatic N) is 1. The lowest BCUT2D eigenvalue weighted by Crippen LogP contribution is -2.45. The summed E-state index contributed by atoms with van der Waals surface area (Å²) in [6.45, 7) is 5.11. The van der Waals surface area contributed by atoms with Crippen LogP contribution >= 0.6 is 0 Å². The van der Waals surface area contributed by atoms with Gasteiger partial charge < -0.3 is 21.9 Å².